The third-order valence-corrected chi connectivity index (χ3v) is 3.06. The minimum absolute atomic E-state index is 0.0537. The molecule has 0 saturated heterocycles. The fourth-order valence-electron chi connectivity index (χ4n) is 1.48. The predicted octanol–water partition coefficient (Wildman–Crippen LogP) is 3.15. The molecule has 15 heavy (non-hydrogen) atoms. The van der Waals surface area contributed by atoms with Crippen LogP contribution < -0.4 is 10.5 Å². The highest BCUT2D eigenvalue weighted by Crippen LogP contribution is 2.34. The van der Waals surface area contributed by atoms with E-state index in [2.05, 4.69) is 0 Å². The lowest BCUT2D eigenvalue weighted by atomic mass is 10.1. The maximum atomic E-state index is 6.20. The Balaban J connectivity index is 2.11. The van der Waals surface area contributed by atoms with Crippen molar-refractivity contribution in [3.8, 4) is 5.75 Å². The number of benzene rings is 1. The van der Waals surface area contributed by atoms with Gasteiger partial charge in [0.2, 0.25) is 0 Å². The maximum Gasteiger partial charge on any atom is 0.138 e. The van der Waals surface area contributed by atoms with Crippen molar-refractivity contribution in [3.05, 3.63) is 28.8 Å². The summed E-state index contributed by atoms with van der Waals surface area (Å²) in [5.74, 6) is 1.50. The molecule has 0 amide bonds. The van der Waals surface area contributed by atoms with Crippen molar-refractivity contribution in [3.63, 3.8) is 0 Å². The van der Waals surface area contributed by atoms with Gasteiger partial charge in [-0.1, -0.05) is 23.7 Å². The van der Waals surface area contributed by atoms with Gasteiger partial charge in [0.05, 0.1) is 11.6 Å². The van der Waals surface area contributed by atoms with E-state index in [0.717, 1.165) is 23.8 Å². The monoisotopic (exact) mass is 225 g/mol. The van der Waals surface area contributed by atoms with Crippen molar-refractivity contribution >= 4 is 11.6 Å². The Morgan fingerprint density at radius 1 is 1.53 bits per heavy atom. The topological polar surface area (TPSA) is 35.2 Å². The fourth-order valence-corrected chi connectivity index (χ4v) is 1.84. The van der Waals surface area contributed by atoms with Gasteiger partial charge in [-0.05, 0) is 37.3 Å². The second-order valence-corrected chi connectivity index (χ2v) is 4.58. The Morgan fingerprint density at radius 2 is 2.27 bits per heavy atom. The van der Waals surface area contributed by atoms with E-state index in [-0.39, 0.29) is 6.04 Å². The molecule has 2 nitrogen and oxygen atoms in total. The van der Waals surface area contributed by atoms with Crippen molar-refractivity contribution < 1.29 is 4.74 Å². The molecule has 0 bridgehead atoms. The summed E-state index contributed by atoms with van der Waals surface area (Å²) in [5, 5.41) is 0.660. The minimum atomic E-state index is -0.0537. The van der Waals surface area contributed by atoms with Gasteiger partial charge in [0.15, 0.2) is 0 Å². The van der Waals surface area contributed by atoms with Crippen LogP contribution >= 0.6 is 11.6 Å². The molecular formula is C12H16ClNO. The van der Waals surface area contributed by atoms with Crippen molar-refractivity contribution in [2.24, 2.45) is 11.7 Å². The summed E-state index contributed by atoms with van der Waals surface area (Å²) in [7, 11) is 0. The Bertz CT molecular complexity index is 347. The number of hydrogen-bond donors (Lipinski definition) is 1. The van der Waals surface area contributed by atoms with E-state index in [1.54, 1.807) is 0 Å². The van der Waals surface area contributed by atoms with Gasteiger partial charge in [-0.25, -0.2) is 0 Å². The van der Waals surface area contributed by atoms with Gasteiger partial charge in [0.25, 0.3) is 0 Å². The van der Waals surface area contributed by atoms with Crippen LogP contribution in [0, 0.1) is 5.92 Å². The smallest absolute Gasteiger partial charge is 0.138 e. The van der Waals surface area contributed by atoms with Crippen molar-refractivity contribution in [2.45, 2.75) is 25.8 Å². The molecule has 0 aromatic heterocycles. The molecule has 1 atom stereocenters. The van der Waals surface area contributed by atoms with Crippen LogP contribution in [0.1, 0.15) is 31.4 Å². The van der Waals surface area contributed by atoms with Crippen LogP contribution in [0.4, 0.5) is 0 Å². The summed E-state index contributed by atoms with van der Waals surface area (Å²) in [6.07, 6.45) is 2.56. The van der Waals surface area contributed by atoms with Crippen LogP contribution in [0.5, 0.6) is 5.75 Å². The fraction of sp³-hybridized carbons (Fsp3) is 0.500. The zero-order chi connectivity index (χ0) is 10.8. The summed E-state index contributed by atoms with van der Waals surface area (Å²) < 4.78 is 5.66. The van der Waals surface area contributed by atoms with Crippen molar-refractivity contribution in [1.82, 2.24) is 0 Å². The molecular weight excluding hydrogens is 210 g/mol. The van der Waals surface area contributed by atoms with E-state index in [4.69, 9.17) is 22.1 Å². The number of nitrogens with two attached hydrogens (primary N) is 1. The van der Waals surface area contributed by atoms with Gasteiger partial charge in [-0.2, -0.15) is 0 Å². The zero-order valence-electron chi connectivity index (χ0n) is 8.87. The van der Waals surface area contributed by atoms with Gasteiger partial charge < -0.3 is 10.5 Å². The number of halogens is 1. The minimum Gasteiger partial charge on any atom is -0.492 e. The standard InChI is InChI=1S/C12H16ClNO/c1-8(14)10-3-2-4-11(12(10)13)15-7-9-5-6-9/h2-4,8-9H,5-7,14H2,1H3. The third-order valence-electron chi connectivity index (χ3n) is 2.66. The first kappa shape index (κ1) is 10.8. The van der Waals surface area contributed by atoms with E-state index in [0.29, 0.717) is 5.02 Å². The first-order valence-electron chi connectivity index (χ1n) is 5.35. The molecule has 3 heteroatoms. The molecule has 1 aliphatic carbocycles. The van der Waals surface area contributed by atoms with E-state index in [1.165, 1.54) is 12.8 Å². The lowest BCUT2D eigenvalue weighted by Crippen LogP contribution is -2.07. The van der Waals surface area contributed by atoms with E-state index < -0.39 is 0 Å². The predicted molar refractivity (Wildman–Crippen MR) is 62.3 cm³/mol. The van der Waals surface area contributed by atoms with Crippen LogP contribution in [0.2, 0.25) is 5.02 Å². The quantitative estimate of drug-likeness (QED) is 0.855. The SMILES string of the molecule is CC(N)c1cccc(OCC2CC2)c1Cl. The van der Waals surface area contributed by atoms with E-state index in [9.17, 15) is 0 Å². The number of ether oxygens (including phenoxy) is 1. The zero-order valence-corrected chi connectivity index (χ0v) is 9.63. The van der Waals surface area contributed by atoms with Crippen LogP contribution in [0.3, 0.4) is 0 Å². The van der Waals surface area contributed by atoms with Crippen LogP contribution in [-0.4, -0.2) is 6.61 Å². The van der Waals surface area contributed by atoms with Gasteiger partial charge in [0.1, 0.15) is 5.75 Å². The molecule has 1 aromatic rings. The number of rotatable bonds is 4. The van der Waals surface area contributed by atoms with E-state index in [1.807, 2.05) is 25.1 Å². The largest absolute Gasteiger partial charge is 0.492 e. The molecule has 1 aromatic carbocycles. The lowest BCUT2D eigenvalue weighted by molar-refractivity contribution is 0.299. The molecule has 2 N–H and O–H groups in total. The Hall–Kier alpha value is -0.730. The summed E-state index contributed by atoms with van der Waals surface area (Å²) in [6, 6.07) is 5.72. The third kappa shape index (κ3) is 2.64. The lowest BCUT2D eigenvalue weighted by Gasteiger charge is -2.12. The highest BCUT2D eigenvalue weighted by Gasteiger charge is 2.22. The maximum absolute atomic E-state index is 6.20. The van der Waals surface area contributed by atoms with Crippen LogP contribution in [0.25, 0.3) is 0 Å². The van der Waals surface area contributed by atoms with Crippen molar-refractivity contribution in [2.75, 3.05) is 6.61 Å². The van der Waals surface area contributed by atoms with Gasteiger partial charge in [0, 0.05) is 6.04 Å². The molecule has 1 fully saturated rings. The highest BCUT2D eigenvalue weighted by molar-refractivity contribution is 6.32. The molecule has 1 unspecified atom stereocenters. The summed E-state index contributed by atoms with van der Waals surface area (Å²) in [4.78, 5) is 0. The first-order valence-corrected chi connectivity index (χ1v) is 5.73. The van der Waals surface area contributed by atoms with Gasteiger partial charge >= 0.3 is 0 Å². The van der Waals surface area contributed by atoms with Gasteiger partial charge in [-0.3, -0.25) is 0 Å². The van der Waals surface area contributed by atoms with E-state index >= 15 is 0 Å². The highest BCUT2D eigenvalue weighted by atomic mass is 35.5. The van der Waals surface area contributed by atoms with Crippen molar-refractivity contribution in [1.29, 1.82) is 0 Å². The molecule has 1 saturated carbocycles. The Morgan fingerprint density at radius 3 is 2.87 bits per heavy atom. The average Bonchev–Trinajstić information content (AvgIpc) is 2.99. The molecule has 0 radical (unpaired) electrons. The number of hydrogen-bond acceptors (Lipinski definition) is 2. The van der Waals surface area contributed by atoms with Crippen LogP contribution in [0.15, 0.2) is 18.2 Å². The summed E-state index contributed by atoms with van der Waals surface area (Å²) in [5.41, 5.74) is 6.76. The average molecular weight is 226 g/mol. The molecule has 82 valence electrons. The molecule has 0 aliphatic heterocycles. The molecule has 1 aliphatic rings. The second kappa shape index (κ2) is 4.42. The van der Waals surface area contributed by atoms with Crippen LogP contribution in [-0.2, 0) is 0 Å². The second-order valence-electron chi connectivity index (χ2n) is 4.20. The molecule has 2 rings (SSSR count). The molecule has 0 spiro atoms. The Kier molecular flexibility index (Phi) is 3.17. The summed E-state index contributed by atoms with van der Waals surface area (Å²) in [6.45, 7) is 2.70. The normalized spacial score (nSPS) is 17.5. The molecule has 0 heterocycles. The van der Waals surface area contributed by atoms with Gasteiger partial charge in [-0.15, -0.1) is 0 Å². The first-order chi connectivity index (χ1) is 7.18. The Labute approximate surface area is 95.4 Å². The summed E-state index contributed by atoms with van der Waals surface area (Å²) >= 11 is 6.20.